The molecule has 0 aliphatic carbocycles. The quantitative estimate of drug-likeness (QED) is 0.659. The van der Waals surface area contributed by atoms with Crippen molar-refractivity contribution in [3.63, 3.8) is 0 Å². The van der Waals surface area contributed by atoms with Crippen LogP contribution in [0.4, 0.5) is 11.5 Å². The summed E-state index contributed by atoms with van der Waals surface area (Å²) in [6.07, 6.45) is 2.52. The van der Waals surface area contributed by atoms with Crippen molar-refractivity contribution in [3.05, 3.63) is 34.5 Å². The third kappa shape index (κ3) is 2.54. The molecule has 0 aliphatic heterocycles. The molecular formula is C12H15N5O2. The van der Waals surface area contributed by atoms with E-state index in [0.29, 0.717) is 23.8 Å². The van der Waals surface area contributed by atoms with Crippen LogP contribution < -0.4 is 5.32 Å². The number of aromatic nitrogens is 3. The Balaban J connectivity index is 2.58. The minimum Gasteiger partial charge on any atom is -0.373 e. The van der Waals surface area contributed by atoms with E-state index in [-0.39, 0.29) is 5.69 Å². The molecule has 0 spiro atoms. The molecule has 0 atom stereocenters. The number of hydrogen-bond donors (Lipinski definition) is 1. The van der Waals surface area contributed by atoms with Crippen LogP contribution in [0.1, 0.15) is 13.3 Å². The van der Waals surface area contributed by atoms with Crippen molar-refractivity contribution in [1.29, 1.82) is 0 Å². The van der Waals surface area contributed by atoms with Crippen molar-refractivity contribution in [1.82, 2.24) is 14.8 Å². The van der Waals surface area contributed by atoms with E-state index in [0.717, 1.165) is 6.42 Å². The van der Waals surface area contributed by atoms with Crippen LogP contribution in [0, 0.1) is 10.1 Å². The van der Waals surface area contributed by atoms with Gasteiger partial charge in [-0.1, -0.05) is 6.92 Å². The lowest BCUT2D eigenvalue weighted by Crippen LogP contribution is -2.05. The number of hydrogen-bond acceptors (Lipinski definition) is 5. The number of anilines is 1. The zero-order chi connectivity index (χ0) is 13.8. The van der Waals surface area contributed by atoms with E-state index in [1.807, 2.05) is 6.92 Å². The van der Waals surface area contributed by atoms with Gasteiger partial charge in [0.15, 0.2) is 5.69 Å². The molecule has 1 N–H and O–H groups in total. The summed E-state index contributed by atoms with van der Waals surface area (Å²) in [6, 6.07) is 4.78. The van der Waals surface area contributed by atoms with Gasteiger partial charge in [-0.3, -0.25) is 14.8 Å². The van der Waals surface area contributed by atoms with Gasteiger partial charge in [0.05, 0.1) is 10.6 Å². The maximum absolute atomic E-state index is 11.1. The minimum atomic E-state index is -0.426. The van der Waals surface area contributed by atoms with E-state index in [9.17, 15) is 10.1 Å². The Morgan fingerprint density at radius 3 is 2.84 bits per heavy atom. The number of nitro groups is 1. The second-order valence-electron chi connectivity index (χ2n) is 4.01. The van der Waals surface area contributed by atoms with Crippen molar-refractivity contribution in [2.75, 3.05) is 12.4 Å². The van der Waals surface area contributed by atoms with Gasteiger partial charge in [-0.05, 0) is 18.6 Å². The van der Waals surface area contributed by atoms with Crippen LogP contribution in [-0.2, 0) is 6.54 Å². The Hall–Kier alpha value is -2.44. The van der Waals surface area contributed by atoms with Gasteiger partial charge in [0.1, 0.15) is 5.82 Å². The minimum absolute atomic E-state index is 0.0168. The Morgan fingerprint density at radius 2 is 2.21 bits per heavy atom. The molecule has 0 radical (unpaired) electrons. The lowest BCUT2D eigenvalue weighted by atomic mass is 10.2. The van der Waals surface area contributed by atoms with E-state index in [1.54, 1.807) is 30.1 Å². The number of aryl methyl sites for hydroxylation is 1. The molecule has 2 aromatic rings. The summed E-state index contributed by atoms with van der Waals surface area (Å²) in [5.41, 5.74) is 0.977. The first kappa shape index (κ1) is 13.0. The first-order chi connectivity index (χ1) is 9.17. The van der Waals surface area contributed by atoms with Gasteiger partial charge in [-0.15, -0.1) is 0 Å². The monoisotopic (exact) mass is 261 g/mol. The zero-order valence-corrected chi connectivity index (χ0v) is 10.8. The second-order valence-corrected chi connectivity index (χ2v) is 4.01. The van der Waals surface area contributed by atoms with Gasteiger partial charge < -0.3 is 5.32 Å². The van der Waals surface area contributed by atoms with E-state index in [2.05, 4.69) is 15.4 Å². The van der Waals surface area contributed by atoms with Gasteiger partial charge in [0.2, 0.25) is 0 Å². The van der Waals surface area contributed by atoms with Crippen LogP contribution in [0.5, 0.6) is 0 Å². The molecule has 0 aliphatic rings. The van der Waals surface area contributed by atoms with Crippen LogP contribution in [0.3, 0.4) is 0 Å². The van der Waals surface area contributed by atoms with E-state index >= 15 is 0 Å². The van der Waals surface area contributed by atoms with Crippen molar-refractivity contribution < 1.29 is 4.92 Å². The van der Waals surface area contributed by atoms with Gasteiger partial charge in [0, 0.05) is 25.9 Å². The molecule has 7 heteroatoms. The van der Waals surface area contributed by atoms with Crippen LogP contribution in [0.2, 0.25) is 0 Å². The summed E-state index contributed by atoms with van der Waals surface area (Å²) < 4.78 is 1.73. The molecule has 0 aromatic carbocycles. The van der Waals surface area contributed by atoms with Crippen molar-refractivity contribution in [2.24, 2.45) is 0 Å². The molecule has 0 unspecified atom stereocenters. The van der Waals surface area contributed by atoms with Crippen molar-refractivity contribution >= 4 is 11.5 Å². The normalized spacial score (nSPS) is 10.4. The van der Waals surface area contributed by atoms with Crippen LogP contribution in [0.15, 0.2) is 24.4 Å². The smallest absolute Gasteiger partial charge is 0.297 e. The standard InChI is InChI=1S/C12H15N5O2/c1-3-8-16-9(6-7-14-16)12-10(17(18)19)4-5-11(13-2)15-12/h4-7H,3,8H2,1-2H3,(H,13,15). The van der Waals surface area contributed by atoms with E-state index in [1.165, 1.54) is 6.07 Å². The third-order valence-electron chi connectivity index (χ3n) is 2.72. The van der Waals surface area contributed by atoms with Crippen molar-refractivity contribution in [3.8, 4) is 11.4 Å². The largest absolute Gasteiger partial charge is 0.373 e. The number of nitrogens with one attached hydrogen (secondary N) is 1. The molecule has 2 rings (SSSR count). The van der Waals surface area contributed by atoms with Crippen molar-refractivity contribution in [2.45, 2.75) is 19.9 Å². The summed E-state index contributed by atoms with van der Waals surface area (Å²) in [5, 5.41) is 18.2. The molecule has 0 amide bonds. The fraction of sp³-hybridized carbons (Fsp3) is 0.333. The molecule has 7 nitrogen and oxygen atoms in total. The van der Waals surface area contributed by atoms with Crippen LogP contribution in [-0.4, -0.2) is 26.7 Å². The average molecular weight is 261 g/mol. The highest BCUT2D eigenvalue weighted by atomic mass is 16.6. The fourth-order valence-corrected chi connectivity index (χ4v) is 1.85. The van der Waals surface area contributed by atoms with Gasteiger partial charge >= 0.3 is 0 Å². The summed E-state index contributed by atoms with van der Waals surface area (Å²) in [7, 11) is 1.72. The molecule has 2 aromatic heterocycles. The highest BCUT2D eigenvalue weighted by Gasteiger charge is 2.20. The maximum Gasteiger partial charge on any atom is 0.297 e. The fourth-order valence-electron chi connectivity index (χ4n) is 1.85. The molecule has 0 saturated carbocycles. The molecule has 0 fully saturated rings. The maximum atomic E-state index is 11.1. The highest BCUT2D eigenvalue weighted by molar-refractivity contribution is 5.68. The SMILES string of the molecule is CCCn1nccc1-c1nc(NC)ccc1[N+](=O)[O-]. The first-order valence-corrected chi connectivity index (χ1v) is 6.02. The van der Waals surface area contributed by atoms with Gasteiger partial charge in [-0.2, -0.15) is 5.10 Å². The van der Waals surface area contributed by atoms with Crippen LogP contribution >= 0.6 is 0 Å². The molecular weight excluding hydrogens is 246 g/mol. The van der Waals surface area contributed by atoms with Gasteiger partial charge in [-0.25, -0.2) is 4.98 Å². The summed E-state index contributed by atoms with van der Waals surface area (Å²) in [6.45, 7) is 2.72. The molecule has 2 heterocycles. The van der Waals surface area contributed by atoms with E-state index < -0.39 is 4.92 Å². The van der Waals surface area contributed by atoms with E-state index in [4.69, 9.17) is 0 Å². The number of pyridine rings is 1. The number of nitrogens with zero attached hydrogens (tertiary/aromatic N) is 4. The third-order valence-corrected chi connectivity index (χ3v) is 2.72. The molecule has 0 saturated heterocycles. The van der Waals surface area contributed by atoms with Crippen LogP contribution in [0.25, 0.3) is 11.4 Å². The second kappa shape index (κ2) is 5.47. The zero-order valence-electron chi connectivity index (χ0n) is 10.8. The molecule has 100 valence electrons. The lowest BCUT2D eigenvalue weighted by molar-refractivity contribution is -0.384. The summed E-state index contributed by atoms with van der Waals surface area (Å²) in [5.74, 6) is 0.588. The Kier molecular flexibility index (Phi) is 3.74. The average Bonchev–Trinajstić information content (AvgIpc) is 2.86. The Bertz CT molecular complexity index is 594. The highest BCUT2D eigenvalue weighted by Crippen LogP contribution is 2.29. The summed E-state index contributed by atoms with van der Waals surface area (Å²) >= 11 is 0. The van der Waals surface area contributed by atoms with Gasteiger partial charge in [0.25, 0.3) is 5.69 Å². The molecule has 0 bridgehead atoms. The lowest BCUT2D eigenvalue weighted by Gasteiger charge is -2.07. The Morgan fingerprint density at radius 1 is 1.42 bits per heavy atom. The predicted octanol–water partition coefficient (Wildman–Crippen LogP) is 2.30. The number of rotatable bonds is 5. The predicted molar refractivity (Wildman–Crippen MR) is 72.0 cm³/mol. The summed E-state index contributed by atoms with van der Waals surface area (Å²) in [4.78, 5) is 15.0. The first-order valence-electron chi connectivity index (χ1n) is 6.02. The topological polar surface area (TPSA) is 85.9 Å². The Labute approximate surface area is 110 Å². The molecule has 19 heavy (non-hydrogen) atoms.